The number of rotatable bonds is 3. The number of nitrogens with one attached hydrogen (secondary N) is 1. The minimum atomic E-state index is -0.530. The molecule has 3 amide bonds. The van der Waals surface area contributed by atoms with E-state index in [1.807, 2.05) is 51.3 Å². The summed E-state index contributed by atoms with van der Waals surface area (Å²) < 4.78 is 13.0. The average molecular weight is 522 g/mol. The van der Waals surface area contributed by atoms with Crippen LogP contribution in [0, 0.1) is 6.92 Å². The molecule has 11 nitrogen and oxygen atoms in total. The number of amides is 3. The second-order valence-corrected chi connectivity index (χ2v) is 10.8. The van der Waals surface area contributed by atoms with Gasteiger partial charge in [0.2, 0.25) is 0 Å². The molecule has 1 saturated heterocycles. The van der Waals surface area contributed by atoms with Crippen LogP contribution >= 0.6 is 0 Å². The van der Waals surface area contributed by atoms with Crippen LogP contribution in [0.1, 0.15) is 39.0 Å². The van der Waals surface area contributed by atoms with Gasteiger partial charge in [-0.2, -0.15) is 0 Å². The molecule has 0 saturated carbocycles. The fourth-order valence-corrected chi connectivity index (χ4v) is 5.12. The zero-order valence-electron chi connectivity index (χ0n) is 22.8. The van der Waals surface area contributed by atoms with E-state index in [0.717, 1.165) is 22.6 Å². The molecule has 0 bridgehead atoms. The second-order valence-electron chi connectivity index (χ2n) is 10.8. The first-order valence-electron chi connectivity index (χ1n) is 12.9. The molecule has 0 aromatic carbocycles. The summed E-state index contributed by atoms with van der Waals surface area (Å²) in [6, 6.07) is 3.51. The van der Waals surface area contributed by atoms with Crippen molar-refractivity contribution in [2.24, 2.45) is 0 Å². The van der Waals surface area contributed by atoms with Crippen molar-refractivity contribution in [2.75, 3.05) is 48.4 Å². The molecule has 3 aromatic heterocycles. The number of aromatic nitrogens is 3. The minimum absolute atomic E-state index is 0.0163. The highest BCUT2D eigenvalue weighted by atomic mass is 16.6. The summed E-state index contributed by atoms with van der Waals surface area (Å²) in [4.78, 5) is 40.8. The number of aryl methyl sites for hydroxylation is 1. The molecule has 5 rings (SSSR count). The third-order valence-corrected chi connectivity index (χ3v) is 6.83. The number of imidazole rings is 1. The lowest BCUT2D eigenvalue weighted by atomic mass is 10.1. The Morgan fingerprint density at radius 1 is 1.16 bits per heavy atom. The third-order valence-electron chi connectivity index (χ3n) is 6.83. The van der Waals surface area contributed by atoms with Gasteiger partial charge < -0.3 is 29.0 Å². The standard InChI is InChI=1S/C27H35N7O4/c1-17-14-32-16-20(22(37-6)13-23(32)29-17)30-25(35)34-10-8-19-21(7-9-28-24(19)34)31-11-12-33(18(2)15-31)26(36)38-27(3,4)5/h7,9,13-14,16,18H,8,10-12,15H2,1-6H3,(H,30,35)/t18-/m0/s1. The van der Waals surface area contributed by atoms with Crippen LogP contribution in [0.3, 0.4) is 0 Å². The molecule has 1 N–H and O–H groups in total. The normalized spacial score (nSPS) is 17.5. The van der Waals surface area contributed by atoms with E-state index in [1.54, 1.807) is 35.4 Å². The Morgan fingerprint density at radius 3 is 2.66 bits per heavy atom. The first-order chi connectivity index (χ1) is 18.0. The topological polar surface area (TPSA) is 105 Å². The van der Waals surface area contributed by atoms with Gasteiger partial charge in [0.1, 0.15) is 28.5 Å². The number of hydrogen-bond donors (Lipinski definition) is 1. The summed E-state index contributed by atoms with van der Waals surface area (Å²) in [5.41, 5.74) is 3.73. The predicted molar refractivity (Wildman–Crippen MR) is 145 cm³/mol. The fourth-order valence-electron chi connectivity index (χ4n) is 5.12. The van der Waals surface area contributed by atoms with Crippen LogP contribution in [-0.4, -0.2) is 76.3 Å². The average Bonchev–Trinajstić information content (AvgIpc) is 3.44. The van der Waals surface area contributed by atoms with Gasteiger partial charge in [-0.3, -0.25) is 4.90 Å². The Balaban J connectivity index is 1.32. The van der Waals surface area contributed by atoms with Crippen molar-refractivity contribution in [2.45, 2.75) is 52.7 Å². The highest BCUT2D eigenvalue weighted by Gasteiger charge is 2.34. The molecule has 2 aliphatic rings. The Hall–Kier alpha value is -4.02. The number of piperazine rings is 1. The molecule has 1 atom stereocenters. The SMILES string of the molecule is COc1cc2nc(C)cn2cc1NC(=O)N1CCc2c(N3CCN(C(=O)OC(C)(C)C)[C@@H](C)C3)ccnc21. The van der Waals surface area contributed by atoms with Gasteiger partial charge in [-0.25, -0.2) is 19.6 Å². The van der Waals surface area contributed by atoms with Gasteiger partial charge in [0.05, 0.1) is 12.8 Å². The molecule has 1 fully saturated rings. The number of nitrogens with zero attached hydrogens (tertiary/aromatic N) is 6. The van der Waals surface area contributed by atoms with E-state index in [0.29, 0.717) is 49.9 Å². The molecule has 0 unspecified atom stereocenters. The molecule has 2 aliphatic heterocycles. The van der Waals surface area contributed by atoms with Gasteiger partial charge in [-0.15, -0.1) is 0 Å². The van der Waals surface area contributed by atoms with E-state index in [9.17, 15) is 9.59 Å². The molecule has 0 spiro atoms. The fraction of sp³-hybridized carbons (Fsp3) is 0.481. The van der Waals surface area contributed by atoms with Gasteiger partial charge in [0, 0.05) is 68.1 Å². The van der Waals surface area contributed by atoms with Crippen molar-refractivity contribution in [3.8, 4) is 5.75 Å². The molecule has 0 radical (unpaired) electrons. The van der Waals surface area contributed by atoms with Crippen molar-refractivity contribution in [1.82, 2.24) is 19.3 Å². The number of fused-ring (bicyclic) bond motifs is 2. The maximum Gasteiger partial charge on any atom is 0.410 e. The maximum absolute atomic E-state index is 13.4. The van der Waals surface area contributed by atoms with Crippen LogP contribution in [0.15, 0.2) is 30.7 Å². The molecular formula is C27H35N7O4. The van der Waals surface area contributed by atoms with Gasteiger partial charge in [0.15, 0.2) is 0 Å². The minimum Gasteiger partial charge on any atom is -0.494 e. The van der Waals surface area contributed by atoms with Crippen molar-refractivity contribution in [3.63, 3.8) is 0 Å². The van der Waals surface area contributed by atoms with Crippen molar-refractivity contribution >= 4 is 35.0 Å². The van der Waals surface area contributed by atoms with Gasteiger partial charge in [-0.1, -0.05) is 0 Å². The number of hydrogen-bond acceptors (Lipinski definition) is 7. The lowest BCUT2D eigenvalue weighted by Crippen LogP contribution is -2.55. The van der Waals surface area contributed by atoms with E-state index in [1.165, 1.54) is 0 Å². The summed E-state index contributed by atoms with van der Waals surface area (Å²) in [5.74, 6) is 1.19. The lowest BCUT2D eigenvalue weighted by molar-refractivity contribution is 0.0159. The Kier molecular flexibility index (Phi) is 6.54. The van der Waals surface area contributed by atoms with E-state index in [2.05, 4.69) is 20.2 Å². The number of urea groups is 1. The molecule has 202 valence electrons. The number of methoxy groups -OCH3 is 1. The van der Waals surface area contributed by atoms with E-state index >= 15 is 0 Å². The highest BCUT2D eigenvalue weighted by molar-refractivity contribution is 6.03. The zero-order valence-corrected chi connectivity index (χ0v) is 22.8. The summed E-state index contributed by atoms with van der Waals surface area (Å²) in [6.07, 6.45) is 5.85. The van der Waals surface area contributed by atoms with Gasteiger partial charge in [0.25, 0.3) is 0 Å². The van der Waals surface area contributed by atoms with E-state index < -0.39 is 5.60 Å². The highest BCUT2D eigenvalue weighted by Crippen LogP contribution is 2.36. The van der Waals surface area contributed by atoms with Crippen LogP contribution in [0.4, 0.5) is 26.8 Å². The largest absolute Gasteiger partial charge is 0.494 e. The van der Waals surface area contributed by atoms with Crippen LogP contribution < -0.4 is 19.9 Å². The number of carbonyl (C=O) groups is 2. The van der Waals surface area contributed by atoms with Crippen LogP contribution in [0.2, 0.25) is 0 Å². The number of ether oxygens (including phenoxy) is 2. The smallest absolute Gasteiger partial charge is 0.410 e. The number of pyridine rings is 2. The summed E-state index contributed by atoms with van der Waals surface area (Å²) >= 11 is 0. The molecule has 38 heavy (non-hydrogen) atoms. The van der Waals surface area contributed by atoms with Crippen LogP contribution in [0.25, 0.3) is 5.65 Å². The number of carbonyl (C=O) groups excluding carboxylic acids is 2. The lowest BCUT2D eigenvalue weighted by Gasteiger charge is -2.41. The van der Waals surface area contributed by atoms with Crippen molar-refractivity contribution in [1.29, 1.82) is 0 Å². The third kappa shape index (κ3) is 4.92. The van der Waals surface area contributed by atoms with Gasteiger partial charge in [-0.05, 0) is 47.1 Å². The molecule has 0 aliphatic carbocycles. The monoisotopic (exact) mass is 521 g/mol. The molecule has 11 heteroatoms. The first kappa shape index (κ1) is 25.6. The first-order valence-corrected chi connectivity index (χ1v) is 12.9. The quantitative estimate of drug-likeness (QED) is 0.554. The molecular weight excluding hydrogens is 486 g/mol. The maximum atomic E-state index is 13.4. The Bertz CT molecular complexity index is 1380. The van der Waals surface area contributed by atoms with Crippen LogP contribution in [-0.2, 0) is 11.2 Å². The van der Waals surface area contributed by atoms with Crippen molar-refractivity contribution < 1.29 is 19.1 Å². The van der Waals surface area contributed by atoms with Crippen molar-refractivity contribution in [3.05, 3.63) is 42.0 Å². The zero-order chi connectivity index (χ0) is 27.2. The summed E-state index contributed by atoms with van der Waals surface area (Å²) in [6.45, 7) is 12.0. The van der Waals surface area contributed by atoms with E-state index in [4.69, 9.17) is 9.47 Å². The second kappa shape index (κ2) is 9.70. The summed E-state index contributed by atoms with van der Waals surface area (Å²) in [7, 11) is 1.57. The van der Waals surface area contributed by atoms with E-state index in [-0.39, 0.29) is 18.2 Å². The Morgan fingerprint density at radius 2 is 1.95 bits per heavy atom. The number of anilines is 3. The summed E-state index contributed by atoms with van der Waals surface area (Å²) in [5, 5.41) is 2.99. The molecule has 5 heterocycles. The molecule has 3 aromatic rings. The predicted octanol–water partition coefficient (Wildman–Crippen LogP) is 4.09. The van der Waals surface area contributed by atoms with Gasteiger partial charge >= 0.3 is 12.1 Å². The Labute approximate surface area is 222 Å². The van der Waals surface area contributed by atoms with Crippen LogP contribution in [0.5, 0.6) is 5.75 Å².